The Labute approximate surface area is 149 Å². The van der Waals surface area contributed by atoms with E-state index in [1.807, 2.05) is 0 Å². The zero-order chi connectivity index (χ0) is 17.5. The smallest absolute Gasteiger partial charge is 0.126 e. The van der Waals surface area contributed by atoms with Crippen molar-refractivity contribution < 1.29 is 4.74 Å². The third-order valence-corrected chi connectivity index (χ3v) is 4.52. The maximum atomic E-state index is 5.70. The van der Waals surface area contributed by atoms with Crippen LogP contribution >= 0.6 is 0 Å². The van der Waals surface area contributed by atoms with Crippen LogP contribution in [0.4, 0.5) is 0 Å². The molecule has 1 saturated heterocycles. The number of pyridine rings is 1. The lowest BCUT2D eigenvalue weighted by molar-refractivity contribution is 0.0226. The van der Waals surface area contributed by atoms with Crippen LogP contribution in [0, 0.1) is 17.8 Å². The van der Waals surface area contributed by atoms with Gasteiger partial charge >= 0.3 is 0 Å². The average Bonchev–Trinajstić information content (AvgIpc) is 3.49. The van der Waals surface area contributed by atoms with Gasteiger partial charge in [0.1, 0.15) is 5.71 Å². The van der Waals surface area contributed by atoms with Gasteiger partial charge in [0.2, 0.25) is 0 Å². The largest absolute Gasteiger partial charge is 0.376 e. The van der Waals surface area contributed by atoms with Crippen molar-refractivity contribution in [3.63, 3.8) is 0 Å². The highest BCUT2D eigenvalue weighted by molar-refractivity contribution is 6.37. The number of rotatable bonds is 5. The predicted octanol–water partition coefficient (Wildman–Crippen LogP) is 2.71. The van der Waals surface area contributed by atoms with Gasteiger partial charge in [-0.15, -0.1) is 0 Å². The number of aryl methyl sites for hydroxylation is 1. The van der Waals surface area contributed by atoms with E-state index in [0.717, 1.165) is 42.7 Å². The molecule has 0 bridgehead atoms. The predicted molar refractivity (Wildman–Crippen MR) is 101 cm³/mol. The second kappa shape index (κ2) is 8.77. The fourth-order valence-electron chi connectivity index (χ4n) is 2.86. The Kier molecular flexibility index (Phi) is 6.19. The summed E-state index contributed by atoms with van der Waals surface area (Å²) >= 11 is 0. The van der Waals surface area contributed by atoms with Crippen molar-refractivity contribution >= 4 is 11.9 Å². The van der Waals surface area contributed by atoms with Gasteiger partial charge in [-0.05, 0) is 50.2 Å². The van der Waals surface area contributed by atoms with E-state index in [1.165, 1.54) is 19.3 Å². The van der Waals surface area contributed by atoms with Crippen LogP contribution in [0.25, 0.3) is 0 Å². The maximum absolute atomic E-state index is 5.70. The minimum absolute atomic E-state index is 0.211. The molecule has 1 aliphatic heterocycles. The highest BCUT2D eigenvalue weighted by Crippen LogP contribution is 2.27. The SMILES string of the molecule is CCc1cc(C#CC2CC2)cnc1/C(C=NCC1CCCCO1)=N/N. The molecule has 2 N–H and O–H groups in total. The maximum Gasteiger partial charge on any atom is 0.126 e. The summed E-state index contributed by atoms with van der Waals surface area (Å²) in [4.78, 5) is 9.03. The molecule has 3 rings (SSSR count). The highest BCUT2D eigenvalue weighted by Gasteiger charge is 2.18. The summed E-state index contributed by atoms with van der Waals surface area (Å²) in [5.74, 6) is 12.7. The zero-order valence-corrected chi connectivity index (χ0v) is 14.9. The Morgan fingerprint density at radius 3 is 2.96 bits per heavy atom. The van der Waals surface area contributed by atoms with Crippen molar-refractivity contribution in [3.05, 3.63) is 29.1 Å². The third-order valence-electron chi connectivity index (χ3n) is 4.52. The van der Waals surface area contributed by atoms with Crippen LogP contribution in [0.2, 0.25) is 0 Å². The summed E-state index contributed by atoms with van der Waals surface area (Å²) in [5.41, 5.74) is 3.44. The van der Waals surface area contributed by atoms with Gasteiger partial charge in [-0.1, -0.05) is 18.8 Å². The number of hydrazone groups is 1. The number of hydrogen-bond acceptors (Lipinski definition) is 5. The monoisotopic (exact) mass is 338 g/mol. The van der Waals surface area contributed by atoms with Crippen molar-refractivity contribution in [2.45, 2.75) is 51.6 Å². The molecule has 1 aromatic heterocycles. The highest BCUT2D eigenvalue weighted by atomic mass is 16.5. The molecule has 2 aliphatic rings. The standard InChI is InChI=1S/C20H26N4O/c1-2-17-11-16(9-8-15-6-7-15)12-23-20(17)19(24-21)14-22-13-18-5-3-4-10-25-18/h11-12,14-15,18H,2-7,10,13,21H2,1H3/b22-14?,24-19+. The van der Waals surface area contributed by atoms with E-state index in [1.54, 1.807) is 12.4 Å². The van der Waals surface area contributed by atoms with Crippen LogP contribution in [0.3, 0.4) is 0 Å². The Morgan fingerprint density at radius 1 is 1.40 bits per heavy atom. The van der Waals surface area contributed by atoms with Gasteiger partial charge in [0.15, 0.2) is 0 Å². The summed E-state index contributed by atoms with van der Waals surface area (Å²) in [5, 5.41) is 3.89. The molecule has 1 saturated carbocycles. The van der Waals surface area contributed by atoms with Crippen molar-refractivity contribution in [1.29, 1.82) is 0 Å². The van der Waals surface area contributed by atoms with Gasteiger partial charge < -0.3 is 10.6 Å². The molecule has 0 radical (unpaired) electrons. The number of aromatic nitrogens is 1. The second-order valence-corrected chi connectivity index (χ2v) is 6.63. The minimum Gasteiger partial charge on any atom is -0.376 e. The van der Waals surface area contributed by atoms with Crippen molar-refractivity contribution in [2.24, 2.45) is 21.9 Å². The normalized spacial score (nSPS) is 21.2. The topological polar surface area (TPSA) is 72.9 Å². The Bertz CT molecular complexity index is 704. The molecule has 25 heavy (non-hydrogen) atoms. The molecule has 1 aliphatic carbocycles. The fourth-order valence-corrected chi connectivity index (χ4v) is 2.86. The van der Waals surface area contributed by atoms with Gasteiger partial charge in [0, 0.05) is 24.3 Å². The van der Waals surface area contributed by atoms with E-state index in [0.29, 0.717) is 18.2 Å². The summed E-state index contributed by atoms with van der Waals surface area (Å²) in [6.07, 6.45) is 10.5. The number of nitrogens with zero attached hydrogens (tertiary/aromatic N) is 3. The summed E-state index contributed by atoms with van der Waals surface area (Å²) in [6.45, 7) is 3.58. The lowest BCUT2D eigenvalue weighted by atomic mass is 10.1. The lowest BCUT2D eigenvalue weighted by Crippen LogP contribution is -2.22. The second-order valence-electron chi connectivity index (χ2n) is 6.63. The molecule has 2 heterocycles. The van der Waals surface area contributed by atoms with Crippen LogP contribution in [0.1, 0.15) is 55.8 Å². The summed E-state index contributed by atoms with van der Waals surface area (Å²) in [7, 11) is 0. The van der Waals surface area contributed by atoms with Crippen LogP contribution in [-0.2, 0) is 11.2 Å². The molecule has 5 nitrogen and oxygen atoms in total. The first-order valence-corrected chi connectivity index (χ1v) is 9.20. The van der Waals surface area contributed by atoms with E-state index >= 15 is 0 Å². The summed E-state index contributed by atoms with van der Waals surface area (Å²) < 4.78 is 5.70. The quantitative estimate of drug-likeness (QED) is 0.388. The van der Waals surface area contributed by atoms with Crippen molar-refractivity contribution in [1.82, 2.24) is 4.98 Å². The molecule has 5 heteroatoms. The number of hydrogen-bond donors (Lipinski definition) is 1. The molecule has 0 aromatic carbocycles. The molecule has 1 unspecified atom stereocenters. The minimum atomic E-state index is 0.211. The van der Waals surface area contributed by atoms with Gasteiger partial charge in [-0.2, -0.15) is 5.10 Å². The van der Waals surface area contributed by atoms with E-state index in [-0.39, 0.29) is 6.10 Å². The zero-order valence-electron chi connectivity index (χ0n) is 14.9. The molecule has 1 atom stereocenters. The first-order valence-electron chi connectivity index (χ1n) is 9.20. The number of ether oxygens (including phenoxy) is 1. The Hall–Kier alpha value is -2.19. The van der Waals surface area contributed by atoms with Gasteiger partial charge in [-0.3, -0.25) is 9.98 Å². The van der Waals surface area contributed by atoms with Gasteiger partial charge in [0.05, 0.1) is 24.6 Å². The summed E-state index contributed by atoms with van der Waals surface area (Å²) in [6, 6.07) is 2.08. The first kappa shape index (κ1) is 17.6. The number of nitrogens with two attached hydrogens (primary N) is 1. The molecular weight excluding hydrogens is 312 g/mol. The van der Waals surface area contributed by atoms with E-state index in [4.69, 9.17) is 10.6 Å². The first-order chi connectivity index (χ1) is 12.3. The number of aliphatic imine (C=N–C) groups is 1. The molecule has 2 fully saturated rings. The average molecular weight is 338 g/mol. The van der Waals surface area contributed by atoms with Crippen LogP contribution in [-0.4, -0.2) is 36.2 Å². The van der Waals surface area contributed by atoms with Gasteiger partial charge in [0.25, 0.3) is 0 Å². The van der Waals surface area contributed by atoms with Crippen molar-refractivity contribution in [2.75, 3.05) is 13.2 Å². The Balaban J connectivity index is 1.70. The van der Waals surface area contributed by atoms with E-state index < -0.39 is 0 Å². The van der Waals surface area contributed by atoms with Gasteiger partial charge in [-0.25, -0.2) is 0 Å². The van der Waals surface area contributed by atoms with E-state index in [2.05, 4.69) is 39.9 Å². The molecule has 1 aromatic rings. The molecule has 0 spiro atoms. The van der Waals surface area contributed by atoms with E-state index in [9.17, 15) is 0 Å². The Morgan fingerprint density at radius 2 is 2.28 bits per heavy atom. The molecular formula is C20H26N4O. The van der Waals surface area contributed by atoms with Crippen LogP contribution in [0.5, 0.6) is 0 Å². The lowest BCUT2D eigenvalue weighted by Gasteiger charge is -2.20. The molecule has 132 valence electrons. The molecule has 0 amide bonds. The third kappa shape index (κ3) is 5.14. The van der Waals surface area contributed by atoms with Crippen LogP contribution < -0.4 is 5.84 Å². The fraction of sp³-hybridized carbons (Fsp3) is 0.550. The van der Waals surface area contributed by atoms with Crippen molar-refractivity contribution in [3.8, 4) is 11.8 Å². The van der Waals surface area contributed by atoms with Crippen LogP contribution in [0.15, 0.2) is 22.4 Å².